The molecule has 0 aliphatic carbocycles. The number of halogens is 2. The minimum Gasteiger partial charge on any atom is -0.356 e. The summed E-state index contributed by atoms with van der Waals surface area (Å²) in [6, 6.07) is 4.97. The Labute approximate surface area is 138 Å². The lowest BCUT2D eigenvalue weighted by Gasteiger charge is -2.33. The van der Waals surface area contributed by atoms with Crippen LogP contribution in [0.5, 0.6) is 0 Å². The van der Waals surface area contributed by atoms with Crippen LogP contribution in [0.3, 0.4) is 0 Å². The van der Waals surface area contributed by atoms with Gasteiger partial charge in [0.25, 0.3) is 0 Å². The number of aryl methyl sites for hydroxylation is 1. The quantitative estimate of drug-likeness (QED) is 0.921. The number of hydrogen-bond donors (Lipinski definition) is 1. The Morgan fingerprint density at radius 3 is 3.09 bits per heavy atom. The zero-order valence-electron chi connectivity index (χ0n) is 12.4. The highest BCUT2D eigenvalue weighted by Gasteiger charge is 2.21. The minimum absolute atomic E-state index is 0.293. The molecular weight excluding hydrogens is 323 g/mol. The van der Waals surface area contributed by atoms with Gasteiger partial charge < -0.3 is 5.32 Å². The van der Waals surface area contributed by atoms with Crippen LogP contribution in [0.2, 0.25) is 5.02 Å². The zero-order valence-corrected chi connectivity index (χ0v) is 13.9. The number of aromatic nitrogens is 2. The number of benzene rings is 1. The second-order valence-corrected chi connectivity index (χ2v) is 6.76. The van der Waals surface area contributed by atoms with Gasteiger partial charge in [0.2, 0.25) is 5.13 Å². The van der Waals surface area contributed by atoms with Gasteiger partial charge in [0.1, 0.15) is 11.6 Å². The highest BCUT2D eigenvalue weighted by molar-refractivity contribution is 7.09. The monoisotopic (exact) mass is 340 g/mol. The summed E-state index contributed by atoms with van der Waals surface area (Å²) in [5.41, 5.74) is 0.968. The predicted molar refractivity (Wildman–Crippen MR) is 88.0 cm³/mol. The molecule has 1 N–H and O–H groups in total. The predicted octanol–water partition coefficient (Wildman–Crippen LogP) is 3.72. The molecule has 2 heterocycles. The highest BCUT2D eigenvalue weighted by atomic mass is 35.5. The number of hydrogen-bond acceptors (Lipinski definition) is 5. The number of rotatable bonds is 4. The standard InChI is InChI=1S/C15H18ClFN4S/c1-10-18-15(22-20-10)19-13-3-2-6-21(9-13)8-11-4-5-12(17)7-14(11)16/h4-5,7,13H,2-3,6,8-9H2,1H3,(H,18,19,20). The summed E-state index contributed by atoms with van der Waals surface area (Å²) < 4.78 is 17.3. The third kappa shape index (κ3) is 3.94. The van der Waals surface area contributed by atoms with Gasteiger partial charge in [-0.2, -0.15) is 4.37 Å². The van der Waals surface area contributed by atoms with E-state index in [4.69, 9.17) is 11.6 Å². The second-order valence-electron chi connectivity index (χ2n) is 5.60. The van der Waals surface area contributed by atoms with Crippen molar-refractivity contribution in [2.75, 3.05) is 18.4 Å². The minimum atomic E-state index is -0.293. The van der Waals surface area contributed by atoms with E-state index in [0.717, 1.165) is 49.0 Å². The van der Waals surface area contributed by atoms with Crippen molar-refractivity contribution in [3.8, 4) is 0 Å². The highest BCUT2D eigenvalue weighted by Crippen LogP contribution is 2.22. The van der Waals surface area contributed by atoms with Gasteiger partial charge in [0.15, 0.2) is 0 Å². The Morgan fingerprint density at radius 1 is 1.50 bits per heavy atom. The van der Waals surface area contributed by atoms with Crippen LogP contribution in [0.15, 0.2) is 18.2 Å². The molecule has 2 aromatic rings. The smallest absolute Gasteiger partial charge is 0.202 e. The molecule has 0 bridgehead atoms. The molecule has 118 valence electrons. The molecule has 7 heteroatoms. The van der Waals surface area contributed by atoms with Gasteiger partial charge in [0, 0.05) is 35.7 Å². The molecule has 1 saturated heterocycles. The van der Waals surface area contributed by atoms with E-state index in [0.29, 0.717) is 11.1 Å². The molecule has 22 heavy (non-hydrogen) atoms. The number of likely N-dealkylation sites (tertiary alicyclic amines) is 1. The summed E-state index contributed by atoms with van der Waals surface area (Å²) in [6.07, 6.45) is 2.24. The van der Waals surface area contributed by atoms with Crippen molar-refractivity contribution in [1.29, 1.82) is 0 Å². The fourth-order valence-corrected chi connectivity index (χ4v) is 3.62. The van der Waals surface area contributed by atoms with Gasteiger partial charge >= 0.3 is 0 Å². The molecule has 0 radical (unpaired) electrons. The first-order chi connectivity index (χ1) is 10.6. The van der Waals surface area contributed by atoms with E-state index in [1.165, 1.54) is 23.7 Å². The van der Waals surface area contributed by atoms with E-state index < -0.39 is 0 Å². The first-order valence-corrected chi connectivity index (χ1v) is 8.48. The van der Waals surface area contributed by atoms with Crippen LogP contribution in [0.1, 0.15) is 24.2 Å². The first-order valence-electron chi connectivity index (χ1n) is 7.33. The lowest BCUT2D eigenvalue weighted by atomic mass is 10.0. The third-order valence-electron chi connectivity index (χ3n) is 3.77. The Bertz CT molecular complexity index is 648. The van der Waals surface area contributed by atoms with Gasteiger partial charge in [-0.05, 0) is 44.0 Å². The maximum atomic E-state index is 13.1. The fourth-order valence-electron chi connectivity index (χ4n) is 2.74. The van der Waals surface area contributed by atoms with Crippen molar-refractivity contribution in [1.82, 2.24) is 14.3 Å². The van der Waals surface area contributed by atoms with Gasteiger partial charge in [-0.3, -0.25) is 4.90 Å². The SMILES string of the molecule is Cc1nsc(NC2CCCN(Cc3ccc(F)cc3Cl)C2)n1. The molecule has 3 rings (SSSR count). The summed E-state index contributed by atoms with van der Waals surface area (Å²) in [6.45, 7) is 4.59. The molecule has 1 fully saturated rings. The molecule has 1 aliphatic rings. The van der Waals surface area contributed by atoms with Crippen LogP contribution >= 0.6 is 23.1 Å². The van der Waals surface area contributed by atoms with Crippen LogP contribution < -0.4 is 5.32 Å². The number of nitrogens with one attached hydrogen (secondary N) is 1. The Hall–Kier alpha value is -1.24. The van der Waals surface area contributed by atoms with E-state index in [1.54, 1.807) is 6.07 Å². The Balaban J connectivity index is 1.60. The normalized spacial score (nSPS) is 19.3. The Morgan fingerprint density at radius 2 is 2.36 bits per heavy atom. The largest absolute Gasteiger partial charge is 0.356 e. The summed E-state index contributed by atoms with van der Waals surface area (Å²) in [7, 11) is 0. The molecular formula is C15H18ClFN4S. The maximum absolute atomic E-state index is 13.1. The topological polar surface area (TPSA) is 41.1 Å². The molecule has 1 aromatic carbocycles. The van der Waals surface area contributed by atoms with Crippen LogP contribution in [0.25, 0.3) is 0 Å². The molecule has 0 spiro atoms. The van der Waals surface area contributed by atoms with Gasteiger partial charge in [0.05, 0.1) is 0 Å². The molecule has 0 saturated carbocycles. The van der Waals surface area contributed by atoms with Crippen LogP contribution in [0, 0.1) is 12.7 Å². The van der Waals surface area contributed by atoms with Crippen molar-refractivity contribution < 1.29 is 4.39 Å². The molecule has 0 amide bonds. The summed E-state index contributed by atoms with van der Waals surface area (Å²) in [5.74, 6) is 0.511. The summed E-state index contributed by atoms with van der Waals surface area (Å²) >= 11 is 7.52. The first kappa shape index (κ1) is 15.6. The zero-order chi connectivity index (χ0) is 15.5. The number of piperidine rings is 1. The Kier molecular flexibility index (Phi) is 4.90. The van der Waals surface area contributed by atoms with Gasteiger partial charge in [-0.1, -0.05) is 17.7 Å². The molecule has 1 unspecified atom stereocenters. The van der Waals surface area contributed by atoms with Crippen molar-refractivity contribution >= 4 is 28.3 Å². The van der Waals surface area contributed by atoms with Crippen LogP contribution in [-0.4, -0.2) is 33.4 Å². The van der Waals surface area contributed by atoms with Crippen LogP contribution in [-0.2, 0) is 6.54 Å². The van der Waals surface area contributed by atoms with Crippen molar-refractivity contribution in [3.63, 3.8) is 0 Å². The van der Waals surface area contributed by atoms with E-state index in [2.05, 4.69) is 19.6 Å². The van der Waals surface area contributed by atoms with E-state index in [-0.39, 0.29) is 5.82 Å². The second kappa shape index (κ2) is 6.89. The lowest BCUT2D eigenvalue weighted by Crippen LogP contribution is -2.41. The van der Waals surface area contributed by atoms with E-state index in [9.17, 15) is 4.39 Å². The lowest BCUT2D eigenvalue weighted by molar-refractivity contribution is 0.208. The third-order valence-corrected chi connectivity index (χ3v) is 4.86. The van der Waals surface area contributed by atoms with E-state index in [1.807, 2.05) is 6.92 Å². The average Bonchev–Trinajstić information content (AvgIpc) is 2.88. The van der Waals surface area contributed by atoms with Crippen molar-refractivity contribution in [2.24, 2.45) is 0 Å². The number of nitrogens with zero attached hydrogens (tertiary/aromatic N) is 3. The molecule has 4 nitrogen and oxygen atoms in total. The molecule has 1 atom stereocenters. The molecule has 1 aliphatic heterocycles. The van der Waals surface area contributed by atoms with Crippen molar-refractivity contribution in [2.45, 2.75) is 32.4 Å². The van der Waals surface area contributed by atoms with Crippen molar-refractivity contribution in [3.05, 3.63) is 40.4 Å². The number of anilines is 1. The summed E-state index contributed by atoms with van der Waals surface area (Å²) in [5, 5.41) is 4.83. The van der Waals surface area contributed by atoms with Gasteiger partial charge in [-0.15, -0.1) is 0 Å². The average molecular weight is 341 g/mol. The van der Waals surface area contributed by atoms with E-state index >= 15 is 0 Å². The fraction of sp³-hybridized carbons (Fsp3) is 0.467. The molecule has 1 aromatic heterocycles. The maximum Gasteiger partial charge on any atom is 0.202 e. The van der Waals surface area contributed by atoms with Gasteiger partial charge in [-0.25, -0.2) is 9.37 Å². The summed E-state index contributed by atoms with van der Waals surface area (Å²) in [4.78, 5) is 6.69. The van der Waals surface area contributed by atoms with Crippen LogP contribution in [0.4, 0.5) is 9.52 Å².